The molecule has 15 heteroatoms. The number of halogens is 2. The lowest BCUT2D eigenvalue weighted by atomic mass is 10.0. The zero-order chi connectivity index (χ0) is 27.2. The zero-order valence-electron chi connectivity index (χ0n) is 19.7. The fourth-order valence-electron chi connectivity index (χ4n) is 3.35. The summed E-state index contributed by atoms with van der Waals surface area (Å²) in [5.41, 5.74) is 2.80. The molecule has 0 aliphatic rings. The molecule has 198 valence electrons. The number of fused-ring (bicyclic) bond motifs is 1. The molecule has 0 spiro atoms. The summed E-state index contributed by atoms with van der Waals surface area (Å²) in [6, 6.07) is 5.12. The number of hydrogen-bond acceptors (Lipinski definition) is 7. The molecule has 0 bridgehead atoms. The molecule has 4 amide bonds. The van der Waals surface area contributed by atoms with Gasteiger partial charge in [0.1, 0.15) is 17.7 Å². The van der Waals surface area contributed by atoms with Crippen molar-refractivity contribution in [3.63, 3.8) is 0 Å². The molecular weight excluding hydrogens is 530 g/mol. The smallest absolute Gasteiger partial charge is 0.330 e. The van der Waals surface area contributed by atoms with E-state index < -0.39 is 39.8 Å². The molecule has 0 saturated carbocycles. The van der Waals surface area contributed by atoms with Gasteiger partial charge in [0.2, 0.25) is 11.8 Å². The van der Waals surface area contributed by atoms with E-state index in [4.69, 9.17) is 0 Å². The van der Waals surface area contributed by atoms with Gasteiger partial charge in [-0.2, -0.15) is 13.1 Å². The molecule has 3 rings (SSSR count). The fraction of sp³-hybridized carbons (Fsp3) is 0.273. The van der Waals surface area contributed by atoms with Crippen LogP contribution in [0.4, 0.5) is 19.3 Å². The number of urea groups is 1. The Kier molecular flexibility index (Phi) is 9.07. The highest BCUT2D eigenvalue weighted by molar-refractivity contribution is 7.88. The Morgan fingerprint density at radius 2 is 1.78 bits per heavy atom. The molecular formula is C22H24F2N6O5S2. The first-order chi connectivity index (χ1) is 17.4. The van der Waals surface area contributed by atoms with Crippen molar-refractivity contribution in [2.45, 2.75) is 19.4 Å². The van der Waals surface area contributed by atoms with Gasteiger partial charge < -0.3 is 15.5 Å². The van der Waals surface area contributed by atoms with Crippen LogP contribution in [0.5, 0.6) is 0 Å². The number of anilines is 1. The number of rotatable bonds is 10. The maximum atomic E-state index is 13.7. The molecule has 2 aromatic carbocycles. The number of likely N-dealkylation sites (N-methyl/N-ethyl adjacent to an activating group) is 1. The molecule has 1 aromatic heterocycles. The third kappa shape index (κ3) is 8.16. The van der Waals surface area contributed by atoms with Crippen LogP contribution < -0.4 is 25.0 Å². The number of amides is 4. The van der Waals surface area contributed by atoms with E-state index in [1.54, 1.807) is 28.4 Å². The number of hydrogen-bond donors (Lipinski definition) is 4. The van der Waals surface area contributed by atoms with Gasteiger partial charge >= 0.3 is 16.2 Å². The van der Waals surface area contributed by atoms with Crippen LogP contribution in [0.25, 0.3) is 10.2 Å². The molecule has 37 heavy (non-hydrogen) atoms. The molecule has 0 fully saturated rings. The van der Waals surface area contributed by atoms with Crippen LogP contribution in [0.1, 0.15) is 12.5 Å². The second kappa shape index (κ2) is 12.0. The van der Waals surface area contributed by atoms with E-state index in [0.29, 0.717) is 17.3 Å². The van der Waals surface area contributed by atoms with Gasteiger partial charge in [-0.05, 0) is 35.9 Å². The van der Waals surface area contributed by atoms with Crippen LogP contribution in [0.2, 0.25) is 0 Å². The van der Waals surface area contributed by atoms with E-state index in [-0.39, 0.29) is 31.0 Å². The topological polar surface area (TPSA) is 150 Å². The summed E-state index contributed by atoms with van der Waals surface area (Å²) in [5, 5.41) is 4.65. The molecule has 0 saturated heterocycles. The zero-order valence-corrected chi connectivity index (χ0v) is 21.4. The van der Waals surface area contributed by atoms with Crippen molar-refractivity contribution in [2.75, 3.05) is 25.0 Å². The Labute approximate surface area is 215 Å². The average Bonchev–Trinajstić information content (AvgIpc) is 3.27. The monoisotopic (exact) mass is 554 g/mol. The number of aromatic nitrogens is 1. The van der Waals surface area contributed by atoms with Crippen molar-refractivity contribution in [2.24, 2.45) is 0 Å². The predicted molar refractivity (Wildman–Crippen MR) is 134 cm³/mol. The minimum Gasteiger partial charge on any atom is -0.355 e. The molecule has 1 unspecified atom stereocenters. The van der Waals surface area contributed by atoms with Crippen molar-refractivity contribution in [3.8, 4) is 0 Å². The summed E-state index contributed by atoms with van der Waals surface area (Å²) in [5.74, 6) is -2.79. The molecule has 11 nitrogen and oxygen atoms in total. The molecule has 0 aliphatic heterocycles. The summed E-state index contributed by atoms with van der Waals surface area (Å²) in [4.78, 5) is 42.1. The highest BCUT2D eigenvalue weighted by Gasteiger charge is 2.27. The lowest BCUT2D eigenvalue weighted by Gasteiger charge is -2.25. The number of nitrogens with one attached hydrogen (secondary N) is 4. The summed E-state index contributed by atoms with van der Waals surface area (Å²) in [6.45, 7) is 1.04. The Bertz CT molecular complexity index is 1400. The van der Waals surface area contributed by atoms with Crippen LogP contribution in [0, 0.1) is 11.6 Å². The lowest BCUT2D eigenvalue weighted by molar-refractivity contribution is -0.120. The predicted octanol–water partition coefficient (Wildman–Crippen LogP) is 1.42. The SMILES string of the molecule is CC(=O)NCCNS(=O)(=O)NC(=O)NC(Cc1cc(F)cc(F)c1)C(=O)N(C)c1ccc2scnc2c1. The number of thiazole rings is 1. The fourth-order valence-corrected chi connectivity index (χ4v) is 4.75. The van der Waals surface area contributed by atoms with Gasteiger partial charge in [0.05, 0.1) is 15.7 Å². The van der Waals surface area contributed by atoms with Gasteiger partial charge in [-0.15, -0.1) is 11.3 Å². The van der Waals surface area contributed by atoms with Gasteiger partial charge in [0.25, 0.3) is 0 Å². The summed E-state index contributed by atoms with van der Waals surface area (Å²) < 4.78 is 56.4. The molecule has 1 heterocycles. The van der Waals surface area contributed by atoms with E-state index in [2.05, 4.69) is 20.3 Å². The van der Waals surface area contributed by atoms with Crippen molar-refractivity contribution in [1.82, 2.24) is 25.1 Å². The van der Waals surface area contributed by atoms with E-state index in [0.717, 1.165) is 16.8 Å². The van der Waals surface area contributed by atoms with Crippen molar-refractivity contribution in [3.05, 3.63) is 59.1 Å². The maximum Gasteiger partial charge on any atom is 0.330 e. The number of carbonyl (C=O) groups excluding carboxylic acids is 3. The first kappa shape index (κ1) is 27.9. The number of nitrogens with zero attached hydrogens (tertiary/aromatic N) is 2. The van der Waals surface area contributed by atoms with Crippen molar-refractivity contribution < 1.29 is 31.6 Å². The quantitative estimate of drug-likeness (QED) is 0.279. The number of benzene rings is 2. The molecule has 1 atom stereocenters. The van der Waals surface area contributed by atoms with Crippen LogP contribution >= 0.6 is 11.3 Å². The van der Waals surface area contributed by atoms with Crippen molar-refractivity contribution in [1.29, 1.82) is 0 Å². The molecule has 3 aromatic rings. The standard InChI is InChI=1S/C22H24F2N6O5S2/c1-13(31)25-5-6-27-37(34,35)29-22(33)28-19(9-14-7-15(23)10-16(24)8-14)21(32)30(2)17-3-4-20-18(11-17)26-12-36-20/h3-4,7-8,10-12,19,27H,5-6,9H2,1-2H3,(H,25,31)(H2,28,29,33). The molecule has 0 radical (unpaired) electrons. The average molecular weight is 555 g/mol. The third-order valence-corrected chi connectivity index (χ3v) is 6.86. The van der Waals surface area contributed by atoms with Crippen LogP contribution in [0.15, 0.2) is 41.9 Å². The minimum absolute atomic E-state index is 0.0156. The highest BCUT2D eigenvalue weighted by Crippen LogP contribution is 2.24. The van der Waals surface area contributed by atoms with Crippen LogP contribution in [-0.2, 0) is 26.2 Å². The number of carbonyl (C=O) groups is 3. The Morgan fingerprint density at radius 1 is 1.08 bits per heavy atom. The molecule has 4 N–H and O–H groups in total. The first-order valence-electron chi connectivity index (χ1n) is 10.8. The molecule has 0 aliphatic carbocycles. The first-order valence-corrected chi connectivity index (χ1v) is 13.2. The van der Waals surface area contributed by atoms with E-state index in [9.17, 15) is 31.6 Å². The Balaban J connectivity index is 1.77. The maximum absolute atomic E-state index is 13.7. The van der Waals surface area contributed by atoms with Gasteiger partial charge in [0, 0.05) is 45.2 Å². The summed E-state index contributed by atoms with van der Waals surface area (Å²) >= 11 is 1.41. The second-order valence-electron chi connectivity index (χ2n) is 7.89. The normalized spacial score (nSPS) is 12.1. The second-order valence-corrected chi connectivity index (χ2v) is 10.3. The highest BCUT2D eigenvalue weighted by atomic mass is 32.2. The van der Waals surface area contributed by atoms with E-state index >= 15 is 0 Å². The third-order valence-electron chi connectivity index (χ3n) is 5.02. The van der Waals surface area contributed by atoms with Crippen LogP contribution in [-0.4, -0.2) is 57.4 Å². The Hall–Kier alpha value is -3.69. The Morgan fingerprint density at radius 3 is 2.46 bits per heavy atom. The largest absolute Gasteiger partial charge is 0.355 e. The van der Waals surface area contributed by atoms with Gasteiger partial charge in [-0.25, -0.2) is 23.3 Å². The van der Waals surface area contributed by atoms with Gasteiger partial charge in [-0.3, -0.25) is 9.59 Å². The van der Waals surface area contributed by atoms with Crippen LogP contribution in [0.3, 0.4) is 0 Å². The summed E-state index contributed by atoms with van der Waals surface area (Å²) in [7, 11) is -2.90. The van der Waals surface area contributed by atoms with Gasteiger partial charge in [-0.1, -0.05) is 0 Å². The van der Waals surface area contributed by atoms with E-state index in [1.807, 2.05) is 0 Å². The van der Waals surface area contributed by atoms with E-state index in [1.165, 1.54) is 30.2 Å². The minimum atomic E-state index is -4.34. The summed E-state index contributed by atoms with van der Waals surface area (Å²) in [6.07, 6.45) is -0.333. The van der Waals surface area contributed by atoms with Crippen molar-refractivity contribution >= 4 is 55.3 Å². The van der Waals surface area contributed by atoms with Gasteiger partial charge in [0.15, 0.2) is 0 Å². The lowest BCUT2D eigenvalue weighted by Crippen LogP contribution is -2.54.